The number of para-hydroxylation sites is 2. The maximum atomic E-state index is 11.8. The van der Waals surface area contributed by atoms with Gasteiger partial charge in [-0.2, -0.15) is 0 Å². The molecule has 2 aromatic rings. The topological polar surface area (TPSA) is 129 Å². The number of carbonyl (C=O) groups is 3. The van der Waals surface area contributed by atoms with Crippen molar-refractivity contribution in [3.8, 4) is 17.2 Å². The van der Waals surface area contributed by atoms with Gasteiger partial charge in [0.05, 0.1) is 6.54 Å². The summed E-state index contributed by atoms with van der Waals surface area (Å²) >= 11 is 0. The molecule has 9 nitrogen and oxygen atoms in total. The molecule has 1 heterocycles. The van der Waals surface area contributed by atoms with Crippen LogP contribution in [0.1, 0.15) is 10.4 Å². The summed E-state index contributed by atoms with van der Waals surface area (Å²) in [7, 11) is 0. The molecule has 1 aliphatic rings. The van der Waals surface area contributed by atoms with Crippen molar-refractivity contribution in [2.75, 3.05) is 19.8 Å². The van der Waals surface area contributed by atoms with Gasteiger partial charge < -0.3 is 25.3 Å². The Labute approximate surface area is 160 Å². The van der Waals surface area contributed by atoms with E-state index in [0.29, 0.717) is 22.8 Å². The van der Waals surface area contributed by atoms with Crippen LogP contribution >= 0.6 is 0 Å². The van der Waals surface area contributed by atoms with Gasteiger partial charge in [-0.05, 0) is 36.4 Å². The summed E-state index contributed by atoms with van der Waals surface area (Å²) in [5.74, 6) is 0.443. The fourth-order valence-electron chi connectivity index (χ4n) is 2.44. The van der Waals surface area contributed by atoms with Crippen LogP contribution in [-0.2, 0) is 4.79 Å². The molecule has 146 valence electrons. The fourth-order valence-corrected chi connectivity index (χ4v) is 2.44. The standard InChI is InChI=1S/C19H19N3O6/c20-18(24)12-5-7-13(8-6-12)26-11-17(23)22-19(25)21-9-14-10-27-15-3-1-2-4-16(15)28-14/h1-8,14H,9-11H2,(H2,20,24)(H2,21,22,23,25)/t14-/m0/s1. The minimum atomic E-state index is -0.667. The van der Waals surface area contributed by atoms with Crippen molar-refractivity contribution in [2.45, 2.75) is 6.10 Å². The average molecular weight is 385 g/mol. The highest BCUT2D eigenvalue weighted by Gasteiger charge is 2.21. The number of rotatable bonds is 6. The number of hydrogen-bond acceptors (Lipinski definition) is 6. The van der Waals surface area contributed by atoms with Gasteiger partial charge in [0.15, 0.2) is 24.2 Å². The van der Waals surface area contributed by atoms with Gasteiger partial charge in [-0.3, -0.25) is 14.9 Å². The molecule has 0 radical (unpaired) electrons. The first-order chi connectivity index (χ1) is 13.5. The van der Waals surface area contributed by atoms with Crippen LogP contribution in [0.4, 0.5) is 4.79 Å². The summed E-state index contributed by atoms with van der Waals surface area (Å²) in [5, 5.41) is 4.70. The van der Waals surface area contributed by atoms with E-state index in [1.165, 1.54) is 24.3 Å². The number of amides is 4. The predicted molar refractivity (Wildman–Crippen MR) is 98.3 cm³/mol. The number of primary amides is 1. The lowest BCUT2D eigenvalue weighted by Gasteiger charge is -2.26. The summed E-state index contributed by atoms with van der Waals surface area (Å²) in [5.41, 5.74) is 5.47. The van der Waals surface area contributed by atoms with E-state index in [-0.39, 0.29) is 25.9 Å². The van der Waals surface area contributed by atoms with E-state index in [4.69, 9.17) is 19.9 Å². The normalized spacial score (nSPS) is 14.6. The SMILES string of the molecule is NC(=O)c1ccc(OCC(=O)NC(=O)NC[C@H]2COc3ccccc3O2)cc1. The molecular formula is C19H19N3O6. The smallest absolute Gasteiger partial charge is 0.321 e. The van der Waals surface area contributed by atoms with Crippen molar-refractivity contribution in [1.29, 1.82) is 0 Å². The third-order valence-electron chi connectivity index (χ3n) is 3.82. The van der Waals surface area contributed by atoms with Crippen LogP contribution in [-0.4, -0.2) is 43.7 Å². The Hall–Kier alpha value is -3.75. The highest BCUT2D eigenvalue weighted by atomic mass is 16.6. The second-order valence-corrected chi connectivity index (χ2v) is 5.93. The quantitative estimate of drug-likeness (QED) is 0.675. The van der Waals surface area contributed by atoms with Crippen LogP contribution in [0.25, 0.3) is 0 Å². The van der Waals surface area contributed by atoms with Crippen molar-refractivity contribution in [1.82, 2.24) is 10.6 Å². The molecule has 0 saturated heterocycles. The number of imide groups is 1. The summed E-state index contributed by atoms with van der Waals surface area (Å²) in [6.07, 6.45) is -0.365. The molecule has 0 aromatic heterocycles. The van der Waals surface area contributed by atoms with Crippen LogP contribution in [0.3, 0.4) is 0 Å². The Balaban J connectivity index is 1.37. The summed E-state index contributed by atoms with van der Waals surface area (Å²) in [6, 6.07) is 12.5. The molecular weight excluding hydrogens is 366 g/mol. The second-order valence-electron chi connectivity index (χ2n) is 5.93. The zero-order valence-electron chi connectivity index (χ0n) is 14.8. The van der Waals surface area contributed by atoms with E-state index in [2.05, 4.69) is 10.6 Å². The first kappa shape index (κ1) is 19.0. The lowest BCUT2D eigenvalue weighted by molar-refractivity contribution is -0.122. The molecule has 9 heteroatoms. The van der Waals surface area contributed by atoms with Crippen LogP contribution in [0.5, 0.6) is 17.2 Å². The molecule has 4 amide bonds. The summed E-state index contributed by atoms with van der Waals surface area (Å²) in [4.78, 5) is 34.6. The lowest BCUT2D eigenvalue weighted by atomic mass is 10.2. The number of nitrogens with two attached hydrogens (primary N) is 1. The highest BCUT2D eigenvalue weighted by Crippen LogP contribution is 2.30. The number of hydrogen-bond donors (Lipinski definition) is 3. The van der Waals surface area contributed by atoms with Crippen molar-refractivity contribution in [3.05, 3.63) is 54.1 Å². The lowest BCUT2D eigenvalue weighted by Crippen LogP contribution is -2.47. The Kier molecular flexibility index (Phi) is 5.95. The Morgan fingerprint density at radius 3 is 2.50 bits per heavy atom. The first-order valence-electron chi connectivity index (χ1n) is 8.50. The number of benzene rings is 2. The van der Waals surface area contributed by atoms with Gasteiger partial charge >= 0.3 is 6.03 Å². The van der Waals surface area contributed by atoms with Gasteiger partial charge in [-0.1, -0.05) is 12.1 Å². The summed E-state index contributed by atoms with van der Waals surface area (Å²) < 4.78 is 16.5. The van der Waals surface area contributed by atoms with E-state index < -0.39 is 17.8 Å². The number of carbonyl (C=O) groups excluding carboxylic acids is 3. The number of fused-ring (bicyclic) bond motifs is 1. The molecule has 0 spiro atoms. The molecule has 0 fully saturated rings. The number of nitrogens with one attached hydrogen (secondary N) is 2. The van der Waals surface area contributed by atoms with Crippen molar-refractivity contribution >= 4 is 17.8 Å². The van der Waals surface area contributed by atoms with Crippen molar-refractivity contribution in [2.24, 2.45) is 5.73 Å². The molecule has 28 heavy (non-hydrogen) atoms. The molecule has 0 bridgehead atoms. The molecule has 0 aliphatic carbocycles. The molecule has 0 saturated carbocycles. The van der Waals surface area contributed by atoms with Gasteiger partial charge in [-0.15, -0.1) is 0 Å². The highest BCUT2D eigenvalue weighted by molar-refractivity contribution is 5.95. The van der Waals surface area contributed by atoms with E-state index in [1.54, 1.807) is 12.1 Å². The molecule has 4 N–H and O–H groups in total. The van der Waals surface area contributed by atoms with E-state index in [1.807, 2.05) is 12.1 Å². The third-order valence-corrected chi connectivity index (χ3v) is 3.82. The van der Waals surface area contributed by atoms with Crippen LogP contribution < -0.4 is 30.6 Å². The molecule has 3 rings (SSSR count). The van der Waals surface area contributed by atoms with Gasteiger partial charge in [0.2, 0.25) is 5.91 Å². The monoisotopic (exact) mass is 385 g/mol. The van der Waals surface area contributed by atoms with Crippen molar-refractivity contribution < 1.29 is 28.6 Å². The zero-order chi connectivity index (χ0) is 19.9. The minimum absolute atomic E-state index is 0.170. The Bertz CT molecular complexity index is 868. The largest absolute Gasteiger partial charge is 0.486 e. The Morgan fingerprint density at radius 1 is 1.07 bits per heavy atom. The van der Waals surface area contributed by atoms with Gasteiger partial charge in [0, 0.05) is 5.56 Å². The Morgan fingerprint density at radius 2 is 1.79 bits per heavy atom. The van der Waals surface area contributed by atoms with Gasteiger partial charge in [0.25, 0.3) is 5.91 Å². The van der Waals surface area contributed by atoms with E-state index >= 15 is 0 Å². The van der Waals surface area contributed by atoms with Crippen LogP contribution in [0.2, 0.25) is 0 Å². The maximum Gasteiger partial charge on any atom is 0.321 e. The van der Waals surface area contributed by atoms with Gasteiger partial charge in [-0.25, -0.2) is 4.79 Å². The zero-order valence-corrected chi connectivity index (χ0v) is 14.8. The number of urea groups is 1. The second kappa shape index (κ2) is 8.76. The third kappa shape index (κ3) is 5.13. The molecule has 0 unspecified atom stereocenters. The first-order valence-corrected chi connectivity index (χ1v) is 8.50. The maximum absolute atomic E-state index is 11.8. The number of ether oxygens (including phenoxy) is 3. The van der Waals surface area contributed by atoms with E-state index in [0.717, 1.165) is 0 Å². The minimum Gasteiger partial charge on any atom is -0.486 e. The fraction of sp³-hybridized carbons (Fsp3) is 0.211. The van der Waals surface area contributed by atoms with Crippen LogP contribution in [0.15, 0.2) is 48.5 Å². The molecule has 1 aliphatic heterocycles. The van der Waals surface area contributed by atoms with E-state index in [9.17, 15) is 14.4 Å². The predicted octanol–water partition coefficient (Wildman–Crippen LogP) is 0.830. The summed E-state index contributed by atoms with van der Waals surface area (Å²) in [6.45, 7) is 0.0955. The van der Waals surface area contributed by atoms with Crippen LogP contribution in [0, 0.1) is 0 Å². The van der Waals surface area contributed by atoms with Crippen molar-refractivity contribution in [3.63, 3.8) is 0 Å². The average Bonchev–Trinajstić information content (AvgIpc) is 2.71. The molecule has 1 atom stereocenters. The molecule has 2 aromatic carbocycles. The van der Waals surface area contributed by atoms with Gasteiger partial charge in [0.1, 0.15) is 12.4 Å².